The van der Waals surface area contributed by atoms with Crippen LogP contribution < -0.4 is 5.73 Å². The monoisotopic (exact) mass is 218 g/mol. The molecule has 0 atom stereocenters. The van der Waals surface area contributed by atoms with Crippen molar-refractivity contribution in [3.8, 4) is 5.75 Å². The van der Waals surface area contributed by atoms with Gasteiger partial charge in [-0.25, -0.2) is 4.98 Å². The number of aromatic hydroxyl groups is 1. The molecule has 2 aromatic rings. The first-order valence-electron chi connectivity index (χ1n) is 5.55. The zero-order chi connectivity index (χ0) is 11.2. The van der Waals surface area contributed by atoms with Gasteiger partial charge in [-0.3, -0.25) is 0 Å². The molecular weight excluding hydrogens is 204 g/mol. The SMILES string of the molecule is NC1(c2ccc3ocnc3c2O)CCCC1. The van der Waals surface area contributed by atoms with E-state index in [0.29, 0.717) is 11.1 Å². The molecule has 0 aliphatic heterocycles. The van der Waals surface area contributed by atoms with Gasteiger partial charge in [0.1, 0.15) is 5.75 Å². The lowest BCUT2D eigenvalue weighted by atomic mass is 9.88. The Balaban J connectivity index is 2.19. The zero-order valence-corrected chi connectivity index (χ0v) is 8.94. The predicted molar refractivity (Wildman–Crippen MR) is 60.0 cm³/mol. The van der Waals surface area contributed by atoms with E-state index in [0.717, 1.165) is 31.2 Å². The van der Waals surface area contributed by atoms with Crippen LogP contribution >= 0.6 is 0 Å². The van der Waals surface area contributed by atoms with Crippen LogP contribution in [0, 0.1) is 0 Å². The second-order valence-corrected chi connectivity index (χ2v) is 4.52. The Labute approximate surface area is 93.1 Å². The maximum atomic E-state index is 10.2. The van der Waals surface area contributed by atoms with E-state index in [1.807, 2.05) is 12.1 Å². The third-order valence-corrected chi connectivity index (χ3v) is 3.51. The summed E-state index contributed by atoms with van der Waals surface area (Å²) in [6.07, 6.45) is 5.42. The number of hydrogen-bond donors (Lipinski definition) is 2. The van der Waals surface area contributed by atoms with Crippen LogP contribution in [-0.4, -0.2) is 10.1 Å². The van der Waals surface area contributed by atoms with Crippen LogP contribution in [0.15, 0.2) is 22.9 Å². The maximum absolute atomic E-state index is 10.2. The Morgan fingerprint density at radius 1 is 1.31 bits per heavy atom. The summed E-state index contributed by atoms with van der Waals surface area (Å²) in [4.78, 5) is 4.01. The molecule has 1 aliphatic carbocycles. The number of aromatic nitrogens is 1. The largest absolute Gasteiger partial charge is 0.505 e. The van der Waals surface area contributed by atoms with E-state index in [9.17, 15) is 5.11 Å². The summed E-state index contributed by atoms with van der Waals surface area (Å²) < 4.78 is 5.14. The third kappa shape index (κ3) is 1.23. The lowest BCUT2D eigenvalue weighted by molar-refractivity contribution is 0.412. The second kappa shape index (κ2) is 3.22. The minimum Gasteiger partial charge on any atom is -0.505 e. The average molecular weight is 218 g/mol. The molecule has 1 fully saturated rings. The topological polar surface area (TPSA) is 72.3 Å². The van der Waals surface area contributed by atoms with Crippen LogP contribution in [0.5, 0.6) is 5.75 Å². The number of nitrogens with two attached hydrogens (primary N) is 1. The Kier molecular flexibility index (Phi) is 1.94. The Morgan fingerprint density at radius 3 is 2.81 bits per heavy atom. The van der Waals surface area contributed by atoms with Gasteiger partial charge in [-0.2, -0.15) is 0 Å². The van der Waals surface area contributed by atoms with Gasteiger partial charge in [0.05, 0.1) is 0 Å². The molecule has 1 aliphatic rings. The molecule has 4 heteroatoms. The van der Waals surface area contributed by atoms with E-state index in [1.165, 1.54) is 6.39 Å². The fourth-order valence-corrected chi connectivity index (χ4v) is 2.59. The molecule has 0 unspecified atom stereocenters. The summed E-state index contributed by atoms with van der Waals surface area (Å²) in [5.74, 6) is 0.177. The number of phenolic OH excluding ortho intramolecular Hbond substituents is 1. The van der Waals surface area contributed by atoms with Gasteiger partial charge >= 0.3 is 0 Å². The van der Waals surface area contributed by atoms with Gasteiger partial charge in [-0.05, 0) is 25.0 Å². The number of oxazole rings is 1. The molecule has 0 bridgehead atoms. The number of benzene rings is 1. The van der Waals surface area contributed by atoms with Crippen molar-refractivity contribution >= 4 is 11.1 Å². The van der Waals surface area contributed by atoms with Crippen molar-refractivity contribution in [2.45, 2.75) is 31.2 Å². The van der Waals surface area contributed by atoms with Gasteiger partial charge in [0.15, 0.2) is 17.5 Å². The van der Waals surface area contributed by atoms with Crippen LogP contribution in [0.2, 0.25) is 0 Å². The normalized spacial score (nSPS) is 19.3. The van der Waals surface area contributed by atoms with Gasteiger partial charge < -0.3 is 15.3 Å². The first-order valence-corrected chi connectivity index (χ1v) is 5.55. The highest BCUT2D eigenvalue weighted by molar-refractivity contribution is 5.81. The van der Waals surface area contributed by atoms with Gasteiger partial charge in [0.2, 0.25) is 0 Å². The summed E-state index contributed by atoms with van der Waals surface area (Å²) in [6, 6.07) is 3.68. The molecule has 84 valence electrons. The Morgan fingerprint density at radius 2 is 2.06 bits per heavy atom. The highest BCUT2D eigenvalue weighted by atomic mass is 16.3. The van der Waals surface area contributed by atoms with Gasteiger partial charge in [0, 0.05) is 11.1 Å². The lowest BCUT2D eigenvalue weighted by Crippen LogP contribution is -2.33. The first kappa shape index (κ1) is 9.66. The zero-order valence-electron chi connectivity index (χ0n) is 8.94. The van der Waals surface area contributed by atoms with Crippen LogP contribution in [0.25, 0.3) is 11.1 Å². The molecule has 1 heterocycles. The second-order valence-electron chi connectivity index (χ2n) is 4.52. The smallest absolute Gasteiger partial charge is 0.182 e. The number of phenols is 1. The highest BCUT2D eigenvalue weighted by Crippen LogP contribution is 2.42. The Bertz CT molecular complexity index is 527. The molecule has 0 amide bonds. The predicted octanol–water partition coefficient (Wildman–Crippen LogP) is 2.26. The summed E-state index contributed by atoms with van der Waals surface area (Å²) in [5.41, 5.74) is 7.84. The van der Waals surface area contributed by atoms with Crippen molar-refractivity contribution in [3.63, 3.8) is 0 Å². The average Bonchev–Trinajstić information content (AvgIpc) is 2.87. The van der Waals surface area contributed by atoms with Crippen molar-refractivity contribution in [1.82, 2.24) is 4.98 Å². The highest BCUT2D eigenvalue weighted by Gasteiger charge is 2.34. The van der Waals surface area contributed by atoms with Crippen LogP contribution in [0.1, 0.15) is 31.2 Å². The minimum atomic E-state index is -0.392. The standard InChI is InChI=1S/C12H14N2O2/c13-12(5-1-2-6-12)8-3-4-9-10(11(8)15)14-7-16-9/h3-4,7,15H,1-2,5-6,13H2. The van der Waals surface area contributed by atoms with E-state index in [2.05, 4.69) is 4.98 Å². The van der Waals surface area contributed by atoms with Crippen molar-refractivity contribution in [2.75, 3.05) is 0 Å². The van der Waals surface area contributed by atoms with Gasteiger partial charge in [-0.15, -0.1) is 0 Å². The minimum absolute atomic E-state index is 0.177. The van der Waals surface area contributed by atoms with Crippen molar-refractivity contribution in [2.24, 2.45) is 5.73 Å². The van der Waals surface area contributed by atoms with E-state index in [1.54, 1.807) is 0 Å². The fourth-order valence-electron chi connectivity index (χ4n) is 2.59. The molecule has 3 N–H and O–H groups in total. The molecule has 1 aromatic heterocycles. The summed E-state index contributed by atoms with van der Waals surface area (Å²) in [5, 5.41) is 10.2. The fraction of sp³-hybridized carbons (Fsp3) is 0.417. The molecule has 0 spiro atoms. The molecule has 16 heavy (non-hydrogen) atoms. The van der Waals surface area contributed by atoms with Gasteiger partial charge in [0.25, 0.3) is 0 Å². The van der Waals surface area contributed by atoms with E-state index in [4.69, 9.17) is 10.2 Å². The van der Waals surface area contributed by atoms with Crippen LogP contribution in [0.4, 0.5) is 0 Å². The molecule has 0 saturated heterocycles. The molecule has 1 saturated carbocycles. The quantitative estimate of drug-likeness (QED) is 0.770. The van der Waals surface area contributed by atoms with E-state index >= 15 is 0 Å². The first-order chi connectivity index (χ1) is 7.71. The molecule has 4 nitrogen and oxygen atoms in total. The van der Waals surface area contributed by atoms with Crippen molar-refractivity contribution in [3.05, 3.63) is 24.1 Å². The third-order valence-electron chi connectivity index (χ3n) is 3.51. The Hall–Kier alpha value is -1.55. The van der Waals surface area contributed by atoms with E-state index in [-0.39, 0.29) is 5.75 Å². The van der Waals surface area contributed by atoms with Gasteiger partial charge in [-0.1, -0.05) is 12.8 Å². The van der Waals surface area contributed by atoms with Crippen molar-refractivity contribution < 1.29 is 9.52 Å². The summed E-state index contributed by atoms with van der Waals surface area (Å²) in [6.45, 7) is 0. The molecular formula is C12H14N2O2. The number of hydrogen-bond acceptors (Lipinski definition) is 4. The van der Waals surface area contributed by atoms with Crippen LogP contribution in [-0.2, 0) is 5.54 Å². The number of fused-ring (bicyclic) bond motifs is 1. The molecule has 3 rings (SSSR count). The summed E-state index contributed by atoms with van der Waals surface area (Å²) in [7, 11) is 0. The number of rotatable bonds is 1. The van der Waals surface area contributed by atoms with Crippen LogP contribution in [0.3, 0.4) is 0 Å². The number of nitrogens with zero attached hydrogens (tertiary/aromatic N) is 1. The maximum Gasteiger partial charge on any atom is 0.182 e. The van der Waals surface area contributed by atoms with Crippen molar-refractivity contribution in [1.29, 1.82) is 0 Å². The summed E-state index contributed by atoms with van der Waals surface area (Å²) >= 11 is 0. The molecule has 0 radical (unpaired) electrons. The lowest BCUT2D eigenvalue weighted by Gasteiger charge is -2.24. The van der Waals surface area contributed by atoms with E-state index < -0.39 is 5.54 Å². The molecule has 1 aromatic carbocycles.